The van der Waals surface area contributed by atoms with Crippen molar-refractivity contribution in [3.8, 4) is 5.88 Å². The summed E-state index contributed by atoms with van der Waals surface area (Å²) in [5.74, 6) is 0.439. The number of ether oxygens (including phenoxy) is 2. The van der Waals surface area contributed by atoms with E-state index in [1.165, 1.54) is 0 Å². The van der Waals surface area contributed by atoms with E-state index in [9.17, 15) is 0 Å². The molecule has 0 saturated heterocycles. The van der Waals surface area contributed by atoms with Gasteiger partial charge in [-0.1, -0.05) is 6.07 Å². The lowest BCUT2D eigenvalue weighted by atomic mass is 10.3. The fourth-order valence-electron chi connectivity index (χ4n) is 1.14. The minimum atomic E-state index is 0.156. The van der Waals surface area contributed by atoms with Gasteiger partial charge in [0.1, 0.15) is 0 Å². The standard InChI is InChI=1S/C9H8BrNO3/c1-12-5-13-9-8-6(10)3-2-4-7(8)14-11-9/h2-4H,5H2,1H3. The normalized spacial score (nSPS) is 10.7. The highest BCUT2D eigenvalue weighted by atomic mass is 79.9. The van der Waals surface area contributed by atoms with Crippen molar-refractivity contribution in [3.05, 3.63) is 22.7 Å². The molecule has 1 aromatic heterocycles. The summed E-state index contributed by atoms with van der Waals surface area (Å²) in [5, 5.41) is 4.61. The molecule has 0 aliphatic carbocycles. The predicted octanol–water partition coefficient (Wildman–Crippen LogP) is 2.57. The quantitative estimate of drug-likeness (QED) is 0.793. The van der Waals surface area contributed by atoms with Crippen LogP contribution >= 0.6 is 15.9 Å². The first kappa shape index (κ1) is 9.48. The molecule has 0 amide bonds. The van der Waals surface area contributed by atoms with Crippen LogP contribution in [0.5, 0.6) is 5.88 Å². The molecule has 0 aliphatic heterocycles. The zero-order valence-electron chi connectivity index (χ0n) is 7.49. The molecule has 0 fully saturated rings. The smallest absolute Gasteiger partial charge is 0.265 e. The molecule has 0 radical (unpaired) electrons. The number of methoxy groups -OCH3 is 1. The van der Waals surface area contributed by atoms with Crippen molar-refractivity contribution < 1.29 is 14.0 Å². The molecule has 0 aliphatic rings. The Morgan fingerprint density at radius 3 is 3.14 bits per heavy atom. The number of aromatic nitrogens is 1. The van der Waals surface area contributed by atoms with E-state index in [0.29, 0.717) is 11.5 Å². The topological polar surface area (TPSA) is 44.5 Å². The average molecular weight is 258 g/mol. The molecule has 0 spiro atoms. The summed E-state index contributed by atoms with van der Waals surface area (Å²) in [5.41, 5.74) is 0.686. The van der Waals surface area contributed by atoms with Gasteiger partial charge in [0.2, 0.25) is 0 Å². The second-order valence-corrected chi connectivity index (χ2v) is 3.51. The monoisotopic (exact) mass is 257 g/mol. The summed E-state index contributed by atoms with van der Waals surface area (Å²) < 4.78 is 16.0. The van der Waals surface area contributed by atoms with Crippen molar-refractivity contribution in [2.24, 2.45) is 0 Å². The van der Waals surface area contributed by atoms with E-state index < -0.39 is 0 Å². The van der Waals surface area contributed by atoms with Crippen molar-refractivity contribution >= 4 is 26.9 Å². The van der Waals surface area contributed by atoms with Crippen LogP contribution in [0.4, 0.5) is 0 Å². The van der Waals surface area contributed by atoms with Crippen molar-refractivity contribution in [1.29, 1.82) is 0 Å². The Labute approximate surface area is 88.9 Å². The molecule has 0 atom stereocenters. The molecule has 14 heavy (non-hydrogen) atoms. The third-order valence-corrected chi connectivity index (χ3v) is 2.39. The molecule has 2 rings (SSSR count). The Morgan fingerprint density at radius 1 is 1.50 bits per heavy atom. The lowest BCUT2D eigenvalue weighted by molar-refractivity contribution is 0.0463. The summed E-state index contributed by atoms with van der Waals surface area (Å²) >= 11 is 3.40. The number of hydrogen-bond donors (Lipinski definition) is 0. The van der Waals surface area contributed by atoms with E-state index in [0.717, 1.165) is 9.86 Å². The second kappa shape index (κ2) is 3.98. The molecule has 0 N–H and O–H groups in total. The van der Waals surface area contributed by atoms with Crippen molar-refractivity contribution in [1.82, 2.24) is 5.16 Å². The summed E-state index contributed by atoms with van der Waals surface area (Å²) in [7, 11) is 1.55. The number of halogens is 1. The van der Waals surface area contributed by atoms with Crippen LogP contribution in [0.1, 0.15) is 0 Å². The zero-order valence-corrected chi connectivity index (χ0v) is 9.08. The minimum Gasteiger partial charge on any atom is -0.448 e. The summed E-state index contributed by atoms with van der Waals surface area (Å²) in [4.78, 5) is 0. The maximum atomic E-state index is 5.23. The largest absolute Gasteiger partial charge is 0.448 e. The highest BCUT2D eigenvalue weighted by molar-refractivity contribution is 9.10. The van der Waals surface area contributed by atoms with E-state index >= 15 is 0 Å². The number of nitrogens with zero attached hydrogens (tertiary/aromatic N) is 1. The maximum Gasteiger partial charge on any atom is 0.265 e. The van der Waals surface area contributed by atoms with Crippen LogP contribution in [-0.4, -0.2) is 19.1 Å². The Kier molecular flexibility index (Phi) is 2.69. The van der Waals surface area contributed by atoms with Crippen molar-refractivity contribution in [2.45, 2.75) is 0 Å². The molecule has 1 aromatic carbocycles. The minimum absolute atomic E-state index is 0.156. The van der Waals surface area contributed by atoms with Crippen LogP contribution in [0, 0.1) is 0 Å². The van der Waals surface area contributed by atoms with Crippen molar-refractivity contribution in [3.63, 3.8) is 0 Å². The zero-order chi connectivity index (χ0) is 9.97. The van der Waals surface area contributed by atoms with Crippen LogP contribution in [0.2, 0.25) is 0 Å². The third kappa shape index (κ3) is 1.60. The highest BCUT2D eigenvalue weighted by Gasteiger charge is 2.11. The number of benzene rings is 1. The first-order valence-electron chi connectivity index (χ1n) is 3.98. The van der Waals surface area contributed by atoms with Crippen LogP contribution in [0.25, 0.3) is 11.0 Å². The molecule has 2 aromatic rings. The Hall–Kier alpha value is -1.07. The summed E-state index contributed by atoms with van der Waals surface area (Å²) in [6.07, 6.45) is 0. The van der Waals surface area contributed by atoms with Crippen molar-refractivity contribution in [2.75, 3.05) is 13.9 Å². The van der Waals surface area contributed by atoms with E-state index in [4.69, 9.17) is 14.0 Å². The van der Waals surface area contributed by atoms with Crippen LogP contribution in [-0.2, 0) is 4.74 Å². The fraction of sp³-hybridized carbons (Fsp3) is 0.222. The molecular weight excluding hydrogens is 250 g/mol. The summed E-state index contributed by atoms with van der Waals surface area (Å²) in [6, 6.07) is 5.60. The lowest BCUT2D eigenvalue weighted by Gasteiger charge is -1.99. The van der Waals surface area contributed by atoms with Gasteiger partial charge >= 0.3 is 0 Å². The number of hydrogen-bond acceptors (Lipinski definition) is 4. The van der Waals surface area contributed by atoms with Gasteiger partial charge in [-0.05, 0) is 33.2 Å². The average Bonchev–Trinajstić information content (AvgIpc) is 2.59. The molecule has 5 heteroatoms. The lowest BCUT2D eigenvalue weighted by Crippen LogP contribution is -1.99. The first-order valence-corrected chi connectivity index (χ1v) is 4.78. The van der Waals surface area contributed by atoms with Gasteiger partial charge in [-0.3, -0.25) is 0 Å². The Morgan fingerprint density at radius 2 is 2.36 bits per heavy atom. The van der Waals surface area contributed by atoms with E-state index in [-0.39, 0.29) is 6.79 Å². The van der Waals surface area contributed by atoms with Gasteiger partial charge in [0.25, 0.3) is 5.88 Å². The molecule has 0 saturated carbocycles. The van der Waals surface area contributed by atoms with E-state index in [2.05, 4.69) is 21.1 Å². The van der Waals surface area contributed by atoms with Gasteiger partial charge in [0, 0.05) is 11.6 Å². The van der Waals surface area contributed by atoms with E-state index in [1.54, 1.807) is 7.11 Å². The van der Waals surface area contributed by atoms with Gasteiger partial charge in [0.05, 0.1) is 5.39 Å². The molecule has 0 bridgehead atoms. The number of fused-ring (bicyclic) bond motifs is 1. The maximum absolute atomic E-state index is 5.23. The molecular formula is C9H8BrNO3. The first-order chi connectivity index (χ1) is 6.83. The van der Waals surface area contributed by atoms with E-state index in [1.807, 2.05) is 18.2 Å². The van der Waals surface area contributed by atoms with Crippen LogP contribution < -0.4 is 4.74 Å². The van der Waals surface area contributed by atoms with Gasteiger partial charge in [-0.2, -0.15) is 0 Å². The van der Waals surface area contributed by atoms with Crippen LogP contribution in [0.15, 0.2) is 27.2 Å². The van der Waals surface area contributed by atoms with Gasteiger partial charge in [0.15, 0.2) is 12.4 Å². The molecule has 4 nitrogen and oxygen atoms in total. The van der Waals surface area contributed by atoms with Crippen LogP contribution in [0.3, 0.4) is 0 Å². The molecule has 1 heterocycles. The summed E-state index contributed by atoms with van der Waals surface area (Å²) in [6.45, 7) is 0.156. The molecule has 74 valence electrons. The molecule has 0 unspecified atom stereocenters. The van der Waals surface area contributed by atoms with Gasteiger partial charge in [-0.15, -0.1) is 0 Å². The van der Waals surface area contributed by atoms with Gasteiger partial charge < -0.3 is 14.0 Å². The SMILES string of the molecule is COCOc1noc2cccc(Br)c12. The van der Waals surface area contributed by atoms with Gasteiger partial charge in [-0.25, -0.2) is 0 Å². The second-order valence-electron chi connectivity index (χ2n) is 2.65. The fourth-order valence-corrected chi connectivity index (χ4v) is 1.66. The third-order valence-electron chi connectivity index (χ3n) is 1.73. The number of rotatable bonds is 3. The predicted molar refractivity (Wildman–Crippen MR) is 54.2 cm³/mol. The Balaban J connectivity index is 2.45. The Bertz CT molecular complexity index is 441. The highest BCUT2D eigenvalue weighted by Crippen LogP contribution is 2.31.